The third-order valence-corrected chi connectivity index (χ3v) is 4.95. The lowest BCUT2D eigenvalue weighted by molar-refractivity contribution is -0.125. The van der Waals surface area contributed by atoms with Gasteiger partial charge in [0.25, 0.3) is 0 Å². The number of nitrogens with two attached hydrogens (primary N) is 1. The zero-order valence-electron chi connectivity index (χ0n) is 13.9. The Balaban J connectivity index is 1.48. The lowest BCUT2D eigenvalue weighted by Gasteiger charge is -2.33. The van der Waals surface area contributed by atoms with Gasteiger partial charge in [0, 0.05) is 50.9 Å². The fourth-order valence-electron chi connectivity index (χ4n) is 3.33. The minimum Gasteiger partial charge on any atom is -0.354 e. The van der Waals surface area contributed by atoms with Gasteiger partial charge in [-0.05, 0) is 37.9 Å². The smallest absolute Gasteiger partial charge is 0.223 e. The topological polar surface area (TPSA) is 74.5 Å². The predicted octanol–water partition coefficient (Wildman–Crippen LogP) is 0.577. The van der Waals surface area contributed by atoms with E-state index in [9.17, 15) is 4.79 Å². The molecule has 6 nitrogen and oxygen atoms in total. The number of anilines is 1. The van der Waals surface area contributed by atoms with Crippen LogP contribution in [-0.4, -0.2) is 55.1 Å². The number of hydrogen-bond donors (Lipinski definition) is 2. The molecule has 1 saturated carbocycles. The van der Waals surface area contributed by atoms with Crippen molar-refractivity contribution in [2.24, 2.45) is 11.7 Å². The molecule has 126 valence electrons. The lowest BCUT2D eigenvalue weighted by Crippen LogP contribution is -2.44. The van der Waals surface area contributed by atoms with Crippen molar-refractivity contribution in [1.29, 1.82) is 0 Å². The van der Waals surface area contributed by atoms with E-state index in [4.69, 9.17) is 5.73 Å². The number of amides is 1. The first-order chi connectivity index (χ1) is 11.1. The summed E-state index contributed by atoms with van der Waals surface area (Å²) in [5.41, 5.74) is 6.91. The van der Waals surface area contributed by atoms with Crippen LogP contribution in [0.1, 0.15) is 24.8 Å². The maximum absolute atomic E-state index is 12.1. The van der Waals surface area contributed by atoms with Gasteiger partial charge in [-0.15, -0.1) is 0 Å². The zero-order valence-corrected chi connectivity index (χ0v) is 13.9. The quantitative estimate of drug-likeness (QED) is 0.849. The van der Waals surface area contributed by atoms with Crippen molar-refractivity contribution in [3.05, 3.63) is 23.9 Å². The van der Waals surface area contributed by atoms with Crippen LogP contribution in [0.15, 0.2) is 18.3 Å². The molecule has 2 heterocycles. The van der Waals surface area contributed by atoms with Crippen molar-refractivity contribution in [2.45, 2.75) is 31.8 Å². The van der Waals surface area contributed by atoms with E-state index in [2.05, 4.69) is 39.3 Å². The van der Waals surface area contributed by atoms with Crippen LogP contribution in [0.2, 0.25) is 0 Å². The highest BCUT2D eigenvalue weighted by atomic mass is 16.1. The molecule has 0 bridgehead atoms. The summed E-state index contributed by atoms with van der Waals surface area (Å²) < 4.78 is 0. The molecule has 1 aliphatic carbocycles. The van der Waals surface area contributed by atoms with Gasteiger partial charge >= 0.3 is 0 Å². The minimum absolute atomic E-state index is 0.0857. The molecule has 2 fully saturated rings. The molecule has 0 radical (unpaired) electrons. The van der Waals surface area contributed by atoms with Crippen LogP contribution in [0.4, 0.5) is 5.82 Å². The van der Waals surface area contributed by atoms with E-state index in [1.807, 2.05) is 6.20 Å². The maximum atomic E-state index is 12.1. The molecule has 1 aromatic heterocycles. The molecular formula is C17H27N5O. The number of aromatic nitrogens is 1. The molecule has 1 saturated heterocycles. The summed E-state index contributed by atoms with van der Waals surface area (Å²) in [6.07, 6.45) is 4.55. The van der Waals surface area contributed by atoms with Crippen molar-refractivity contribution in [3.8, 4) is 0 Å². The van der Waals surface area contributed by atoms with Gasteiger partial charge in [-0.2, -0.15) is 0 Å². The van der Waals surface area contributed by atoms with Gasteiger partial charge in [0.05, 0.1) is 0 Å². The summed E-state index contributed by atoms with van der Waals surface area (Å²) in [7, 11) is 2.15. The van der Waals surface area contributed by atoms with E-state index in [1.54, 1.807) is 0 Å². The largest absolute Gasteiger partial charge is 0.354 e. The van der Waals surface area contributed by atoms with Crippen LogP contribution in [0.5, 0.6) is 0 Å². The monoisotopic (exact) mass is 317 g/mol. The van der Waals surface area contributed by atoms with Crippen molar-refractivity contribution in [2.75, 3.05) is 38.1 Å². The van der Waals surface area contributed by atoms with E-state index < -0.39 is 0 Å². The fraction of sp³-hybridized carbons (Fsp3) is 0.647. The molecule has 0 aromatic carbocycles. The van der Waals surface area contributed by atoms with E-state index in [0.29, 0.717) is 6.54 Å². The number of carbonyl (C=O) groups excluding carboxylic acids is 1. The number of piperazine rings is 1. The van der Waals surface area contributed by atoms with E-state index in [-0.39, 0.29) is 17.9 Å². The summed E-state index contributed by atoms with van der Waals surface area (Å²) >= 11 is 0. The molecule has 23 heavy (non-hydrogen) atoms. The number of nitrogens with one attached hydrogen (secondary N) is 1. The Morgan fingerprint density at radius 3 is 2.70 bits per heavy atom. The normalized spacial score (nSPS) is 25.6. The Hall–Kier alpha value is -1.66. The van der Waals surface area contributed by atoms with E-state index in [0.717, 1.165) is 56.8 Å². The van der Waals surface area contributed by atoms with Crippen molar-refractivity contribution in [1.82, 2.24) is 15.2 Å². The second-order valence-corrected chi connectivity index (χ2v) is 6.80. The summed E-state index contributed by atoms with van der Waals surface area (Å²) in [6, 6.07) is 4.30. The highest BCUT2D eigenvalue weighted by Crippen LogP contribution is 2.24. The molecule has 1 amide bonds. The van der Waals surface area contributed by atoms with Gasteiger partial charge in [-0.25, -0.2) is 4.98 Å². The van der Waals surface area contributed by atoms with Gasteiger partial charge in [0.15, 0.2) is 0 Å². The standard InChI is InChI=1S/C17H27N5O/c1-21-6-8-22(9-7-21)16-5-2-13(11-19-16)12-20-17(23)14-3-4-15(18)10-14/h2,5,11,14-15H,3-4,6-10,12,18H2,1H3,(H,20,23). The molecule has 6 heteroatoms. The molecule has 3 N–H and O–H groups in total. The van der Waals surface area contributed by atoms with E-state index >= 15 is 0 Å². The van der Waals surface area contributed by atoms with Crippen LogP contribution in [-0.2, 0) is 11.3 Å². The number of carbonyl (C=O) groups is 1. The third-order valence-electron chi connectivity index (χ3n) is 4.95. The maximum Gasteiger partial charge on any atom is 0.223 e. The first-order valence-corrected chi connectivity index (χ1v) is 8.53. The Morgan fingerprint density at radius 2 is 2.09 bits per heavy atom. The summed E-state index contributed by atoms with van der Waals surface area (Å²) in [4.78, 5) is 21.3. The van der Waals surface area contributed by atoms with Crippen LogP contribution in [0.25, 0.3) is 0 Å². The summed E-state index contributed by atoms with van der Waals surface area (Å²) in [6.45, 7) is 4.72. The first kappa shape index (κ1) is 16.2. The van der Waals surface area contributed by atoms with Crippen LogP contribution in [0, 0.1) is 5.92 Å². The average Bonchev–Trinajstić information content (AvgIpc) is 3.00. The average molecular weight is 317 g/mol. The van der Waals surface area contributed by atoms with Crippen LogP contribution < -0.4 is 16.0 Å². The molecular weight excluding hydrogens is 290 g/mol. The van der Waals surface area contributed by atoms with Gasteiger partial charge < -0.3 is 20.9 Å². The van der Waals surface area contributed by atoms with Gasteiger partial charge in [-0.1, -0.05) is 6.07 Å². The van der Waals surface area contributed by atoms with Gasteiger partial charge in [0.2, 0.25) is 5.91 Å². The van der Waals surface area contributed by atoms with Crippen molar-refractivity contribution in [3.63, 3.8) is 0 Å². The Labute approximate surface area is 138 Å². The number of likely N-dealkylation sites (N-methyl/N-ethyl adjacent to an activating group) is 1. The molecule has 1 aliphatic heterocycles. The molecule has 2 unspecified atom stereocenters. The Morgan fingerprint density at radius 1 is 1.30 bits per heavy atom. The fourth-order valence-corrected chi connectivity index (χ4v) is 3.33. The number of hydrogen-bond acceptors (Lipinski definition) is 5. The highest BCUT2D eigenvalue weighted by Gasteiger charge is 2.27. The third kappa shape index (κ3) is 4.20. The highest BCUT2D eigenvalue weighted by molar-refractivity contribution is 5.79. The van der Waals surface area contributed by atoms with Crippen LogP contribution >= 0.6 is 0 Å². The molecule has 3 rings (SSSR count). The number of pyridine rings is 1. The Bertz CT molecular complexity index is 524. The van der Waals surface area contributed by atoms with Crippen molar-refractivity contribution < 1.29 is 4.79 Å². The van der Waals surface area contributed by atoms with E-state index in [1.165, 1.54) is 0 Å². The Kier molecular flexibility index (Phi) is 5.13. The number of rotatable bonds is 4. The second kappa shape index (κ2) is 7.27. The molecule has 0 spiro atoms. The first-order valence-electron chi connectivity index (χ1n) is 8.53. The molecule has 1 aromatic rings. The predicted molar refractivity (Wildman–Crippen MR) is 91.1 cm³/mol. The van der Waals surface area contributed by atoms with Gasteiger partial charge in [0.1, 0.15) is 5.82 Å². The zero-order chi connectivity index (χ0) is 16.2. The van der Waals surface area contributed by atoms with Crippen molar-refractivity contribution >= 4 is 11.7 Å². The lowest BCUT2D eigenvalue weighted by atomic mass is 10.1. The summed E-state index contributed by atoms with van der Waals surface area (Å²) in [5.74, 6) is 1.23. The summed E-state index contributed by atoms with van der Waals surface area (Å²) in [5, 5.41) is 3.01. The SMILES string of the molecule is CN1CCN(c2ccc(CNC(=O)C3CCC(N)C3)cn2)CC1. The second-order valence-electron chi connectivity index (χ2n) is 6.80. The molecule has 2 atom stereocenters. The van der Waals surface area contributed by atoms with Crippen LogP contribution in [0.3, 0.4) is 0 Å². The van der Waals surface area contributed by atoms with Gasteiger partial charge in [-0.3, -0.25) is 4.79 Å². The minimum atomic E-state index is 0.0857. The molecule has 2 aliphatic rings. The number of nitrogens with zero attached hydrogens (tertiary/aromatic N) is 3.